The molecular formula is C11H22N2O2. The summed E-state index contributed by atoms with van der Waals surface area (Å²) in [4.78, 5) is 11.6. The van der Waals surface area contributed by atoms with E-state index >= 15 is 0 Å². The van der Waals surface area contributed by atoms with Crippen LogP contribution in [-0.2, 0) is 9.53 Å². The average Bonchev–Trinajstić information content (AvgIpc) is 2.26. The molecular weight excluding hydrogens is 192 g/mol. The second-order valence-corrected chi connectivity index (χ2v) is 4.50. The van der Waals surface area contributed by atoms with Crippen LogP contribution in [0.15, 0.2) is 0 Å². The normalized spacial score (nSPS) is 23.9. The van der Waals surface area contributed by atoms with E-state index in [1.807, 2.05) is 6.92 Å². The van der Waals surface area contributed by atoms with E-state index in [1.165, 1.54) is 0 Å². The summed E-state index contributed by atoms with van der Waals surface area (Å²) >= 11 is 0. The summed E-state index contributed by atoms with van der Waals surface area (Å²) in [6, 6.07) is 0.266. The van der Waals surface area contributed by atoms with Crippen molar-refractivity contribution in [3.8, 4) is 0 Å². The molecule has 0 radical (unpaired) electrons. The Balaban J connectivity index is 2.20. The molecule has 2 unspecified atom stereocenters. The second-order valence-electron chi connectivity index (χ2n) is 4.50. The Morgan fingerprint density at radius 2 is 2.27 bits per heavy atom. The van der Waals surface area contributed by atoms with Crippen LogP contribution in [0.4, 0.5) is 0 Å². The van der Waals surface area contributed by atoms with Crippen LogP contribution in [0.5, 0.6) is 0 Å². The van der Waals surface area contributed by atoms with Crippen LogP contribution in [0.25, 0.3) is 0 Å². The first-order valence-electron chi connectivity index (χ1n) is 5.70. The molecule has 0 spiro atoms. The largest absolute Gasteiger partial charge is 0.378 e. The van der Waals surface area contributed by atoms with Crippen LogP contribution in [0.3, 0.4) is 0 Å². The third-order valence-electron chi connectivity index (χ3n) is 2.93. The van der Waals surface area contributed by atoms with Crippen LogP contribution >= 0.6 is 0 Å². The zero-order valence-electron chi connectivity index (χ0n) is 9.88. The van der Waals surface area contributed by atoms with Gasteiger partial charge in [0.05, 0.1) is 13.2 Å². The third kappa shape index (κ3) is 4.18. The van der Waals surface area contributed by atoms with E-state index in [4.69, 9.17) is 4.74 Å². The fourth-order valence-corrected chi connectivity index (χ4v) is 1.44. The molecule has 0 bridgehead atoms. The molecule has 0 aromatic rings. The molecule has 1 heterocycles. The predicted octanol–water partition coefficient (Wildman–Crippen LogP) is 0.383. The molecule has 15 heavy (non-hydrogen) atoms. The van der Waals surface area contributed by atoms with E-state index in [-0.39, 0.29) is 17.9 Å². The molecule has 88 valence electrons. The maximum Gasteiger partial charge on any atom is 0.223 e. The number of hydrogen-bond donors (Lipinski definition) is 2. The van der Waals surface area contributed by atoms with Crippen molar-refractivity contribution in [1.29, 1.82) is 0 Å². The Bertz CT molecular complexity index is 201. The number of nitrogens with one attached hydrogen (secondary N) is 2. The Labute approximate surface area is 91.8 Å². The van der Waals surface area contributed by atoms with Gasteiger partial charge in [-0.3, -0.25) is 4.79 Å². The number of rotatable bonds is 4. The van der Waals surface area contributed by atoms with E-state index in [2.05, 4.69) is 24.5 Å². The molecule has 1 fully saturated rings. The van der Waals surface area contributed by atoms with Gasteiger partial charge in [-0.05, 0) is 5.92 Å². The topological polar surface area (TPSA) is 50.4 Å². The van der Waals surface area contributed by atoms with Crippen LogP contribution in [0.1, 0.15) is 20.8 Å². The Morgan fingerprint density at radius 3 is 2.80 bits per heavy atom. The Kier molecular flexibility index (Phi) is 5.05. The molecule has 0 aromatic carbocycles. The van der Waals surface area contributed by atoms with Crippen molar-refractivity contribution in [3.05, 3.63) is 0 Å². The minimum absolute atomic E-state index is 0.0782. The van der Waals surface area contributed by atoms with Gasteiger partial charge in [-0.25, -0.2) is 0 Å². The molecule has 1 rings (SSSR count). The summed E-state index contributed by atoms with van der Waals surface area (Å²) in [7, 11) is 0. The van der Waals surface area contributed by atoms with Gasteiger partial charge in [0.2, 0.25) is 5.91 Å². The monoisotopic (exact) mass is 214 g/mol. The summed E-state index contributed by atoms with van der Waals surface area (Å²) in [5.74, 6) is 0.604. The van der Waals surface area contributed by atoms with Gasteiger partial charge in [0.25, 0.3) is 0 Å². The first-order chi connectivity index (χ1) is 7.11. The molecule has 2 atom stereocenters. The number of carbonyl (C=O) groups is 1. The van der Waals surface area contributed by atoms with E-state index in [0.717, 1.165) is 13.2 Å². The van der Waals surface area contributed by atoms with Gasteiger partial charge in [0, 0.05) is 25.0 Å². The molecule has 2 N–H and O–H groups in total. The second kappa shape index (κ2) is 6.08. The van der Waals surface area contributed by atoms with Crippen molar-refractivity contribution < 1.29 is 9.53 Å². The maximum absolute atomic E-state index is 11.6. The lowest BCUT2D eigenvalue weighted by molar-refractivity contribution is -0.125. The summed E-state index contributed by atoms with van der Waals surface area (Å²) in [5, 5.41) is 6.25. The first kappa shape index (κ1) is 12.5. The van der Waals surface area contributed by atoms with Crippen molar-refractivity contribution in [1.82, 2.24) is 10.6 Å². The van der Waals surface area contributed by atoms with Crippen LogP contribution in [0, 0.1) is 11.8 Å². The number of ether oxygens (including phenoxy) is 1. The lowest BCUT2D eigenvalue weighted by Crippen LogP contribution is -2.49. The van der Waals surface area contributed by atoms with Gasteiger partial charge in [-0.1, -0.05) is 20.8 Å². The maximum atomic E-state index is 11.6. The molecule has 0 saturated carbocycles. The Hall–Kier alpha value is -0.610. The smallest absolute Gasteiger partial charge is 0.223 e. The van der Waals surface area contributed by atoms with Gasteiger partial charge >= 0.3 is 0 Å². The number of morpholine rings is 1. The van der Waals surface area contributed by atoms with Crippen molar-refractivity contribution in [2.24, 2.45) is 11.8 Å². The van der Waals surface area contributed by atoms with Gasteiger partial charge < -0.3 is 15.4 Å². The van der Waals surface area contributed by atoms with E-state index in [0.29, 0.717) is 19.1 Å². The van der Waals surface area contributed by atoms with Crippen molar-refractivity contribution in [3.63, 3.8) is 0 Å². The molecule has 1 amide bonds. The van der Waals surface area contributed by atoms with Crippen molar-refractivity contribution in [2.45, 2.75) is 26.8 Å². The van der Waals surface area contributed by atoms with E-state index < -0.39 is 0 Å². The zero-order valence-corrected chi connectivity index (χ0v) is 9.88. The molecule has 1 aliphatic rings. The standard InChI is InChI=1S/C11H22N2O2/c1-8(2)9(3)11(14)13-6-10-7-15-5-4-12-10/h8-10,12H,4-7H2,1-3H3,(H,13,14). The zero-order chi connectivity index (χ0) is 11.3. The molecule has 0 aliphatic carbocycles. The average molecular weight is 214 g/mol. The highest BCUT2D eigenvalue weighted by Gasteiger charge is 2.18. The quantitative estimate of drug-likeness (QED) is 0.711. The summed E-state index contributed by atoms with van der Waals surface area (Å²) in [6.07, 6.45) is 0. The number of hydrogen-bond acceptors (Lipinski definition) is 3. The molecule has 4 heteroatoms. The summed E-state index contributed by atoms with van der Waals surface area (Å²) < 4.78 is 5.31. The van der Waals surface area contributed by atoms with Crippen LogP contribution < -0.4 is 10.6 Å². The highest BCUT2D eigenvalue weighted by atomic mass is 16.5. The predicted molar refractivity (Wildman–Crippen MR) is 59.6 cm³/mol. The highest BCUT2D eigenvalue weighted by Crippen LogP contribution is 2.08. The first-order valence-corrected chi connectivity index (χ1v) is 5.70. The fourth-order valence-electron chi connectivity index (χ4n) is 1.44. The fraction of sp³-hybridized carbons (Fsp3) is 0.909. The minimum Gasteiger partial charge on any atom is -0.378 e. The molecule has 1 aliphatic heterocycles. The van der Waals surface area contributed by atoms with E-state index in [1.54, 1.807) is 0 Å². The molecule has 1 saturated heterocycles. The number of amides is 1. The van der Waals surface area contributed by atoms with Crippen molar-refractivity contribution in [2.75, 3.05) is 26.3 Å². The molecule has 4 nitrogen and oxygen atoms in total. The lowest BCUT2D eigenvalue weighted by Gasteiger charge is -2.25. The third-order valence-corrected chi connectivity index (χ3v) is 2.93. The van der Waals surface area contributed by atoms with Crippen LogP contribution in [0.2, 0.25) is 0 Å². The molecule has 0 aromatic heterocycles. The highest BCUT2D eigenvalue weighted by molar-refractivity contribution is 5.78. The van der Waals surface area contributed by atoms with Gasteiger partial charge in [0.1, 0.15) is 0 Å². The van der Waals surface area contributed by atoms with Gasteiger partial charge in [0.15, 0.2) is 0 Å². The summed E-state index contributed by atoms with van der Waals surface area (Å²) in [5.41, 5.74) is 0. The SMILES string of the molecule is CC(C)C(C)C(=O)NCC1COCCN1. The summed E-state index contributed by atoms with van der Waals surface area (Å²) in [6.45, 7) is 9.09. The van der Waals surface area contributed by atoms with Crippen LogP contribution in [-0.4, -0.2) is 38.3 Å². The van der Waals surface area contributed by atoms with Gasteiger partial charge in [-0.15, -0.1) is 0 Å². The number of carbonyl (C=O) groups excluding carboxylic acids is 1. The minimum atomic E-state index is 0.0782. The van der Waals surface area contributed by atoms with E-state index in [9.17, 15) is 4.79 Å². The van der Waals surface area contributed by atoms with Gasteiger partial charge in [-0.2, -0.15) is 0 Å². The van der Waals surface area contributed by atoms with Crippen molar-refractivity contribution >= 4 is 5.91 Å². The Morgan fingerprint density at radius 1 is 1.53 bits per heavy atom. The lowest BCUT2D eigenvalue weighted by atomic mass is 9.97.